The smallest absolute Gasteiger partial charge is 0.238 e. The van der Waals surface area contributed by atoms with Gasteiger partial charge in [0.1, 0.15) is 17.1 Å². The molecule has 27 heavy (non-hydrogen) atoms. The number of halogens is 4. The van der Waals surface area contributed by atoms with Crippen LogP contribution in [0.15, 0.2) is 44.6 Å². The number of ketones is 1. The molecule has 0 bridgehead atoms. The van der Waals surface area contributed by atoms with E-state index in [1.807, 2.05) is 0 Å². The molecule has 0 aliphatic heterocycles. The fourth-order valence-corrected chi connectivity index (χ4v) is 5.03. The van der Waals surface area contributed by atoms with E-state index in [-0.39, 0.29) is 37.3 Å². The Morgan fingerprint density at radius 2 is 1.96 bits per heavy atom. The summed E-state index contributed by atoms with van der Waals surface area (Å²) < 4.78 is 27.5. The third kappa shape index (κ3) is 3.79. The fourth-order valence-electron chi connectivity index (χ4n) is 2.66. The van der Waals surface area contributed by atoms with Gasteiger partial charge < -0.3 is 9.54 Å². The number of pyridine rings is 1. The van der Waals surface area contributed by atoms with Gasteiger partial charge in [-0.15, -0.1) is 0 Å². The van der Waals surface area contributed by atoms with Gasteiger partial charge in [-0.1, -0.05) is 29.3 Å². The van der Waals surface area contributed by atoms with Gasteiger partial charge in [-0.2, -0.15) is 0 Å². The number of carbonyl (C=O) groups is 1. The van der Waals surface area contributed by atoms with Crippen molar-refractivity contribution in [2.45, 2.75) is 17.7 Å². The molecule has 0 saturated heterocycles. The minimum absolute atomic E-state index is 0.0399. The van der Waals surface area contributed by atoms with E-state index < -0.39 is 28.2 Å². The second-order valence-corrected chi connectivity index (χ2v) is 8.74. The second-order valence-electron chi connectivity index (χ2n) is 5.68. The molecule has 0 spiro atoms. The van der Waals surface area contributed by atoms with Crippen LogP contribution >= 0.6 is 39.1 Å². The van der Waals surface area contributed by atoms with Crippen molar-refractivity contribution in [2.24, 2.45) is 0 Å². The van der Waals surface area contributed by atoms with E-state index >= 15 is 0 Å². The van der Waals surface area contributed by atoms with Crippen molar-refractivity contribution in [3.05, 3.63) is 72.0 Å². The zero-order valence-electron chi connectivity index (χ0n) is 13.7. The molecule has 1 aromatic heterocycles. The highest BCUT2D eigenvalue weighted by molar-refractivity contribution is 9.10. The highest BCUT2D eigenvalue weighted by atomic mass is 79.9. The predicted molar refractivity (Wildman–Crippen MR) is 109 cm³/mol. The molecule has 1 heterocycles. The van der Waals surface area contributed by atoms with Gasteiger partial charge >= 0.3 is 0 Å². The molecule has 140 valence electrons. The summed E-state index contributed by atoms with van der Waals surface area (Å²) in [6.45, 7) is 1.19. The maximum absolute atomic E-state index is 14.1. The van der Waals surface area contributed by atoms with Crippen LogP contribution < -0.4 is 5.43 Å². The number of benzene rings is 2. The van der Waals surface area contributed by atoms with E-state index in [0.29, 0.717) is 9.99 Å². The molecule has 0 aliphatic rings. The zero-order chi connectivity index (χ0) is 19.9. The first-order valence-electron chi connectivity index (χ1n) is 7.58. The summed E-state index contributed by atoms with van der Waals surface area (Å²) in [6, 6.07) is 7.24. The lowest BCUT2D eigenvalue weighted by molar-refractivity contribution is 0.101. The van der Waals surface area contributed by atoms with Crippen molar-refractivity contribution in [1.29, 1.82) is 0 Å². The van der Waals surface area contributed by atoms with Crippen LogP contribution in [-0.4, -0.2) is 15.3 Å². The summed E-state index contributed by atoms with van der Waals surface area (Å²) in [5.41, 5.74) is -0.558. The lowest BCUT2D eigenvalue weighted by atomic mass is 10.1. The van der Waals surface area contributed by atoms with E-state index in [1.165, 1.54) is 31.2 Å². The molecule has 1 N–H and O–H groups in total. The second kappa shape index (κ2) is 7.93. The number of carbonyl (C=O) groups excluding carboxylic acids is 1. The Kier molecular flexibility index (Phi) is 5.98. The normalized spacial score (nSPS) is 12.4. The highest BCUT2D eigenvalue weighted by Gasteiger charge is 2.28. The van der Waals surface area contributed by atoms with E-state index in [0.717, 1.165) is 0 Å². The number of nitrogens with one attached hydrogen (secondary N) is 1. The molecule has 4 nitrogen and oxygen atoms in total. The van der Waals surface area contributed by atoms with Crippen molar-refractivity contribution >= 4 is 67.0 Å². The van der Waals surface area contributed by atoms with Crippen molar-refractivity contribution in [2.75, 3.05) is 0 Å². The number of fused-ring (bicyclic) bond motifs is 1. The first kappa shape index (κ1) is 20.4. The average molecular weight is 491 g/mol. The van der Waals surface area contributed by atoms with Crippen LogP contribution in [0.25, 0.3) is 10.9 Å². The Bertz CT molecular complexity index is 1120. The number of aromatic nitrogens is 1. The first-order valence-corrected chi connectivity index (χ1v) is 10.4. The highest BCUT2D eigenvalue weighted by Crippen LogP contribution is 2.30. The van der Waals surface area contributed by atoms with E-state index in [1.54, 1.807) is 6.07 Å². The van der Waals surface area contributed by atoms with Crippen LogP contribution in [0.1, 0.15) is 22.8 Å². The number of hydrogen-bond acceptors (Lipinski definition) is 3. The monoisotopic (exact) mass is 489 g/mol. The van der Waals surface area contributed by atoms with Crippen LogP contribution in [0.5, 0.6) is 0 Å². The van der Waals surface area contributed by atoms with Gasteiger partial charge in [0.15, 0.2) is 5.78 Å². The molecule has 0 fully saturated rings. The summed E-state index contributed by atoms with van der Waals surface area (Å²) in [5.74, 6) is -1.49. The summed E-state index contributed by atoms with van der Waals surface area (Å²) in [4.78, 5) is 27.9. The molecule has 0 aliphatic carbocycles. The summed E-state index contributed by atoms with van der Waals surface area (Å²) >= 11 is 13.5. The predicted octanol–water partition coefficient (Wildman–Crippen LogP) is 5.25. The van der Waals surface area contributed by atoms with E-state index in [2.05, 4.69) is 20.9 Å². The van der Waals surface area contributed by atoms with Crippen LogP contribution in [0.3, 0.4) is 0 Å². The summed E-state index contributed by atoms with van der Waals surface area (Å²) in [7, 11) is 0. The minimum Gasteiger partial charge on any atom is -0.610 e. The lowest BCUT2D eigenvalue weighted by Gasteiger charge is -2.15. The number of hydrogen-bond donors (Lipinski definition) is 1. The Morgan fingerprint density at radius 3 is 2.59 bits per heavy atom. The Balaban J connectivity index is 2.24. The molecule has 9 heteroatoms. The van der Waals surface area contributed by atoms with Crippen LogP contribution in [0.4, 0.5) is 4.39 Å². The standard InChI is InChI=1S/C18H11BrCl2FNO3S/c1-8(24)14-17(25)15-12(21)6-5-10(19)16(15)23-18(14)27(26)7-9-11(20)3-2-4-13(9)22/h2-6H,7H2,1H3,(H,23,25). The SMILES string of the molecule is CC(=O)c1c([S+]([O-])Cc2c(F)cccc2Cl)[nH]c2c(Br)ccc(Cl)c2c1=O. The largest absolute Gasteiger partial charge is 0.610 e. The van der Waals surface area contributed by atoms with Gasteiger partial charge in [0.05, 0.1) is 26.5 Å². The lowest BCUT2D eigenvalue weighted by Crippen LogP contribution is -2.22. The van der Waals surface area contributed by atoms with E-state index in [9.17, 15) is 18.5 Å². The van der Waals surface area contributed by atoms with Crippen LogP contribution in [0, 0.1) is 5.82 Å². The molecule has 0 saturated carbocycles. The Morgan fingerprint density at radius 1 is 1.26 bits per heavy atom. The number of aromatic amines is 1. The molecular weight excluding hydrogens is 480 g/mol. The van der Waals surface area contributed by atoms with Gasteiger partial charge in [-0.05, 0) is 47.1 Å². The zero-order valence-corrected chi connectivity index (χ0v) is 17.7. The molecule has 1 unspecified atom stereocenters. The third-order valence-corrected chi connectivity index (χ3v) is 6.58. The Labute approximate surface area is 175 Å². The molecule has 0 amide bonds. The number of rotatable bonds is 4. The van der Waals surface area contributed by atoms with Gasteiger partial charge in [0.2, 0.25) is 10.5 Å². The van der Waals surface area contributed by atoms with Crippen molar-refractivity contribution < 1.29 is 13.7 Å². The van der Waals surface area contributed by atoms with Gasteiger partial charge in [0, 0.05) is 15.6 Å². The van der Waals surface area contributed by atoms with Crippen molar-refractivity contribution in [3.63, 3.8) is 0 Å². The maximum Gasteiger partial charge on any atom is 0.238 e. The van der Waals surface area contributed by atoms with E-state index in [4.69, 9.17) is 23.2 Å². The number of Topliss-reactive ketones (excluding diaryl/α,β-unsaturated/α-hetero) is 1. The number of H-pyrrole nitrogens is 1. The van der Waals surface area contributed by atoms with Gasteiger partial charge in [0.25, 0.3) is 0 Å². The molecule has 1 atom stereocenters. The molecule has 2 aromatic carbocycles. The average Bonchev–Trinajstić information content (AvgIpc) is 2.60. The summed E-state index contributed by atoms with van der Waals surface area (Å²) in [6.07, 6.45) is 0. The van der Waals surface area contributed by atoms with Crippen LogP contribution in [-0.2, 0) is 16.9 Å². The maximum atomic E-state index is 14.1. The molecular formula is C18H11BrCl2FNO3S. The summed E-state index contributed by atoms with van der Waals surface area (Å²) in [5, 5.41) is 0.287. The van der Waals surface area contributed by atoms with Crippen molar-refractivity contribution in [3.8, 4) is 0 Å². The molecule has 3 aromatic rings. The Hall–Kier alpha value is -1.38. The third-order valence-electron chi connectivity index (χ3n) is 3.94. The quantitative estimate of drug-likeness (QED) is 0.401. The van der Waals surface area contributed by atoms with Gasteiger partial charge in [-0.3, -0.25) is 9.59 Å². The minimum atomic E-state index is -1.93. The first-order chi connectivity index (χ1) is 12.7. The fraction of sp³-hybridized carbons (Fsp3) is 0.111. The van der Waals surface area contributed by atoms with Gasteiger partial charge in [-0.25, -0.2) is 4.39 Å². The van der Waals surface area contributed by atoms with Crippen LogP contribution in [0.2, 0.25) is 10.0 Å². The van der Waals surface area contributed by atoms with Crippen molar-refractivity contribution in [1.82, 2.24) is 4.98 Å². The topological polar surface area (TPSA) is 73.0 Å². The molecule has 0 radical (unpaired) electrons. The molecule has 3 rings (SSSR count).